The molecule has 0 aliphatic rings. The van der Waals surface area contributed by atoms with Crippen LogP contribution in [0, 0.1) is 0 Å². The standard InChI is InChI=1S/C22H20Cl2N2O5/c1-2-31-22(30)25-8-9-26-12-16(21(28)29)20(27)15-11-13(6-7-18(15)26)10-14-4-3-5-17(23)19(14)24/h3-7,11-12H,2,8-10H2,1H3,(H,25,30)(H,28,29). The van der Waals surface area contributed by atoms with Gasteiger partial charge in [0, 0.05) is 24.7 Å². The summed E-state index contributed by atoms with van der Waals surface area (Å²) >= 11 is 12.3. The highest BCUT2D eigenvalue weighted by Crippen LogP contribution is 2.28. The largest absolute Gasteiger partial charge is 0.477 e. The van der Waals surface area contributed by atoms with Gasteiger partial charge in [0.25, 0.3) is 0 Å². The SMILES string of the molecule is CCOC(=O)NCCn1cc(C(=O)O)c(=O)c2cc(Cc3cccc(Cl)c3Cl)ccc21. The highest BCUT2D eigenvalue weighted by atomic mass is 35.5. The minimum atomic E-state index is -1.32. The van der Waals surface area contributed by atoms with Crippen LogP contribution in [-0.4, -0.2) is 34.9 Å². The van der Waals surface area contributed by atoms with Crippen molar-refractivity contribution in [2.75, 3.05) is 13.2 Å². The molecule has 0 atom stereocenters. The van der Waals surface area contributed by atoms with E-state index in [1.165, 1.54) is 6.20 Å². The molecule has 0 saturated heterocycles. The number of ether oxygens (including phenoxy) is 1. The Morgan fingerprint density at radius 2 is 1.97 bits per heavy atom. The van der Waals surface area contributed by atoms with Gasteiger partial charge in [-0.05, 0) is 42.7 Å². The molecule has 0 unspecified atom stereocenters. The topological polar surface area (TPSA) is 97.6 Å². The van der Waals surface area contributed by atoms with E-state index in [1.807, 2.05) is 12.1 Å². The van der Waals surface area contributed by atoms with Crippen LogP contribution >= 0.6 is 23.2 Å². The van der Waals surface area contributed by atoms with Gasteiger partial charge in [-0.15, -0.1) is 0 Å². The maximum absolute atomic E-state index is 12.8. The van der Waals surface area contributed by atoms with E-state index in [2.05, 4.69) is 5.32 Å². The lowest BCUT2D eigenvalue weighted by Crippen LogP contribution is -2.29. The Morgan fingerprint density at radius 1 is 1.19 bits per heavy atom. The number of carbonyl (C=O) groups excluding carboxylic acids is 1. The lowest BCUT2D eigenvalue weighted by molar-refractivity contribution is 0.0694. The minimum Gasteiger partial charge on any atom is -0.477 e. The van der Waals surface area contributed by atoms with Gasteiger partial charge in [-0.1, -0.05) is 41.4 Å². The summed E-state index contributed by atoms with van der Waals surface area (Å²) in [6, 6.07) is 10.6. The number of benzene rings is 2. The molecule has 3 aromatic rings. The van der Waals surface area contributed by atoms with Gasteiger partial charge in [0.2, 0.25) is 5.43 Å². The zero-order chi connectivity index (χ0) is 22.5. The van der Waals surface area contributed by atoms with E-state index in [4.69, 9.17) is 27.9 Å². The lowest BCUT2D eigenvalue weighted by atomic mass is 10.0. The molecule has 162 valence electrons. The molecule has 0 saturated carbocycles. The Balaban J connectivity index is 1.99. The van der Waals surface area contributed by atoms with Crippen LogP contribution in [0.1, 0.15) is 28.4 Å². The van der Waals surface area contributed by atoms with Gasteiger partial charge >= 0.3 is 12.1 Å². The number of hydrogen-bond acceptors (Lipinski definition) is 4. The monoisotopic (exact) mass is 462 g/mol. The van der Waals surface area contributed by atoms with Crippen LogP contribution in [0.25, 0.3) is 10.9 Å². The van der Waals surface area contributed by atoms with E-state index in [1.54, 1.807) is 35.8 Å². The van der Waals surface area contributed by atoms with Gasteiger partial charge in [0.05, 0.1) is 22.2 Å². The van der Waals surface area contributed by atoms with Crippen molar-refractivity contribution in [3.63, 3.8) is 0 Å². The van der Waals surface area contributed by atoms with E-state index >= 15 is 0 Å². The molecule has 0 spiro atoms. The van der Waals surface area contributed by atoms with Crippen molar-refractivity contribution in [2.24, 2.45) is 0 Å². The number of halogens is 2. The number of nitrogens with one attached hydrogen (secondary N) is 1. The number of aromatic nitrogens is 1. The van der Waals surface area contributed by atoms with Gasteiger partial charge < -0.3 is 19.7 Å². The van der Waals surface area contributed by atoms with Crippen molar-refractivity contribution in [3.05, 3.63) is 79.6 Å². The van der Waals surface area contributed by atoms with Crippen LogP contribution in [0.2, 0.25) is 10.0 Å². The number of amides is 1. The molecule has 1 amide bonds. The summed E-state index contributed by atoms with van der Waals surface area (Å²) in [6.07, 6.45) is 1.15. The van der Waals surface area contributed by atoms with Gasteiger partial charge in [-0.25, -0.2) is 9.59 Å². The summed E-state index contributed by atoms with van der Waals surface area (Å²) < 4.78 is 6.44. The van der Waals surface area contributed by atoms with Crippen molar-refractivity contribution in [3.8, 4) is 0 Å². The number of aromatic carboxylic acids is 1. The van der Waals surface area contributed by atoms with Crippen molar-refractivity contribution in [2.45, 2.75) is 19.9 Å². The summed E-state index contributed by atoms with van der Waals surface area (Å²) in [5.41, 5.74) is 1.22. The third-order valence-electron chi connectivity index (χ3n) is 4.70. The zero-order valence-corrected chi connectivity index (χ0v) is 18.2. The Bertz CT molecular complexity index is 1210. The molecule has 9 heteroatoms. The molecular formula is C22H20Cl2N2O5. The highest BCUT2D eigenvalue weighted by molar-refractivity contribution is 6.42. The fourth-order valence-corrected chi connectivity index (χ4v) is 3.64. The van der Waals surface area contributed by atoms with Crippen molar-refractivity contribution in [1.82, 2.24) is 9.88 Å². The number of pyridine rings is 1. The first kappa shape index (κ1) is 22.7. The molecule has 7 nitrogen and oxygen atoms in total. The molecule has 0 aliphatic carbocycles. The number of carbonyl (C=O) groups is 2. The van der Waals surface area contributed by atoms with Crippen LogP contribution in [0.15, 0.2) is 47.4 Å². The number of alkyl carbamates (subject to hydrolysis) is 1. The molecule has 0 bridgehead atoms. The first-order valence-electron chi connectivity index (χ1n) is 9.54. The average Bonchev–Trinajstić information content (AvgIpc) is 2.73. The van der Waals surface area contributed by atoms with Gasteiger partial charge in [0.1, 0.15) is 5.56 Å². The average molecular weight is 463 g/mol. The third-order valence-corrected chi connectivity index (χ3v) is 5.56. The molecule has 3 rings (SSSR count). The van der Waals surface area contributed by atoms with E-state index in [-0.39, 0.29) is 30.6 Å². The predicted molar refractivity (Wildman–Crippen MR) is 119 cm³/mol. The van der Waals surface area contributed by atoms with E-state index in [9.17, 15) is 19.5 Å². The lowest BCUT2D eigenvalue weighted by Gasteiger charge is -2.14. The number of carboxylic acids is 1. The molecule has 2 N–H and O–H groups in total. The maximum Gasteiger partial charge on any atom is 0.407 e. The Hall–Kier alpha value is -3.03. The number of rotatable bonds is 7. The third kappa shape index (κ3) is 5.18. The highest BCUT2D eigenvalue weighted by Gasteiger charge is 2.16. The number of fused-ring (bicyclic) bond motifs is 1. The van der Waals surface area contributed by atoms with E-state index in [0.29, 0.717) is 22.0 Å². The summed E-state index contributed by atoms with van der Waals surface area (Å²) in [4.78, 5) is 35.9. The smallest absolute Gasteiger partial charge is 0.407 e. The number of hydrogen-bond donors (Lipinski definition) is 2. The van der Waals surface area contributed by atoms with Crippen molar-refractivity contribution < 1.29 is 19.4 Å². The van der Waals surface area contributed by atoms with Crippen LogP contribution < -0.4 is 10.7 Å². The molecule has 0 fully saturated rings. The summed E-state index contributed by atoms with van der Waals surface area (Å²) in [5.74, 6) is -1.32. The number of nitrogens with zero attached hydrogens (tertiary/aromatic N) is 1. The minimum absolute atomic E-state index is 0.204. The summed E-state index contributed by atoms with van der Waals surface area (Å²) in [7, 11) is 0. The van der Waals surface area contributed by atoms with Gasteiger partial charge in [-0.3, -0.25) is 4.79 Å². The molecule has 1 aromatic heterocycles. The Kier molecular flexibility index (Phi) is 7.20. The second-order valence-corrected chi connectivity index (χ2v) is 7.54. The summed E-state index contributed by atoms with van der Waals surface area (Å²) in [5, 5.41) is 13.2. The van der Waals surface area contributed by atoms with E-state index in [0.717, 1.165) is 11.1 Å². The molecule has 1 heterocycles. The first-order valence-corrected chi connectivity index (χ1v) is 10.3. The Morgan fingerprint density at radius 3 is 2.68 bits per heavy atom. The van der Waals surface area contributed by atoms with Gasteiger partial charge in [0.15, 0.2) is 0 Å². The Labute approximate surface area is 188 Å². The second-order valence-electron chi connectivity index (χ2n) is 6.76. The van der Waals surface area contributed by atoms with E-state index < -0.39 is 17.5 Å². The predicted octanol–water partition coefficient (Wildman–Crippen LogP) is 4.34. The first-order chi connectivity index (χ1) is 14.8. The molecule has 2 aromatic carbocycles. The molecule has 31 heavy (non-hydrogen) atoms. The molecule has 0 aliphatic heterocycles. The normalized spacial score (nSPS) is 10.8. The van der Waals surface area contributed by atoms with Gasteiger partial charge in [-0.2, -0.15) is 0 Å². The molecule has 0 radical (unpaired) electrons. The van der Waals surface area contributed by atoms with Crippen molar-refractivity contribution >= 4 is 46.2 Å². The maximum atomic E-state index is 12.8. The zero-order valence-electron chi connectivity index (χ0n) is 16.7. The van der Waals surface area contributed by atoms with Crippen molar-refractivity contribution in [1.29, 1.82) is 0 Å². The van der Waals surface area contributed by atoms with Crippen LogP contribution in [-0.2, 0) is 17.7 Å². The van der Waals surface area contributed by atoms with Crippen LogP contribution in [0.3, 0.4) is 0 Å². The second kappa shape index (κ2) is 9.85. The van der Waals surface area contributed by atoms with Crippen LogP contribution in [0.5, 0.6) is 0 Å². The summed E-state index contributed by atoms with van der Waals surface area (Å²) in [6.45, 7) is 2.41. The fraction of sp³-hybridized carbons (Fsp3) is 0.227. The quantitative estimate of drug-likeness (QED) is 0.543. The fourth-order valence-electron chi connectivity index (χ4n) is 3.26. The molecular weight excluding hydrogens is 443 g/mol. The number of carboxylic acid groups (broad SMARTS) is 1. The van der Waals surface area contributed by atoms with Crippen LogP contribution in [0.4, 0.5) is 4.79 Å².